The van der Waals surface area contributed by atoms with Gasteiger partial charge in [-0.2, -0.15) is 13.2 Å². The number of pyridine rings is 1. The van der Waals surface area contributed by atoms with Gasteiger partial charge in [-0.3, -0.25) is 0 Å². The summed E-state index contributed by atoms with van der Waals surface area (Å²) >= 11 is 0. The molecule has 0 aromatic carbocycles. The number of hydrogen-bond acceptors (Lipinski definition) is 4. The highest BCUT2D eigenvalue weighted by Gasteiger charge is 2.29. The minimum atomic E-state index is -4.41. The molecule has 0 radical (unpaired) electrons. The molecule has 1 heterocycles. The Morgan fingerprint density at radius 2 is 2.00 bits per heavy atom. The van der Waals surface area contributed by atoms with Gasteiger partial charge in [0, 0.05) is 38.1 Å². The van der Waals surface area contributed by atoms with Crippen molar-refractivity contribution in [1.82, 2.24) is 15.6 Å². The molecule has 6 nitrogen and oxygen atoms in total. The number of unbranched alkanes of at least 4 members (excludes halogenated alkanes) is 1. The summed E-state index contributed by atoms with van der Waals surface area (Å²) in [5.74, 6) is 0.538. The lowest BCUT2D eigenvalue weighted by Crippen LogP contribution is -2.37. The highest BCUT2D eigenvalue weighted by molar-refractivity contribution is 14.0. The van der Waals surface area contributed by atoms with E-state index in [1.165, 1.54) is 6.20 Å². The molecule has 1 aromatic heterocycles. The Morgan fingerprint density at radius 3 is 2.67 bits per heavy atom. The molecule has 0 aliphatic heterocycles. The van der Waals surface area contributed by atoms with Gasteiger partial charge < -0.3 is 20.1 Å². The van der Waals surface area contributed by atoms with Crippen LogP contribution < -0.4 is 15.4 Å². The predicted molar refractivity (Wildman–Crippen MR) is 110 cm³/mol. The summed E-state index contributed by atoms with van der Waals surface area (Å²) in [7, 11) is 0. The Kier molecular flexibility index (Phi) is 14.0. The molecule has 2 N–H and O–H groups in total. The number of alkyl halides is 3. The summed E-state index contributed by atoms with van der Waals surface area (Å²) in [5, 5.41) is 6.28. The molecule has 0 atom stereocenters. The fourth-order valence-corrected chi connectivity index (χ4v) is 2.01. The molecule has 1 aromatic rings. The minimum absolute atomic E-state index is 0. The maximum atomic E-state index is 12.3. The Balaban J connectivity index is 0.00000676. The lowest BCUT2D eigenvalue weighted by atomic mass is 10.3. The van der Waals surface area contributed by atoms with Gasteiger partial charge in [0.25, 0.3) is 0 Å². The van der Waals surface area contributed by atoms with Crippen LogP contribution in [0.5, 0.6) is 5.88 Å². The molecule has 156 valence electrons. The van der Waals surface area contributed by atoms with E-state index in [0.717, 1.165) is 26.0 Å². The van der Waals surface area contributed by atoms with Crippen molar-refractivity contribution in [2.24, 2.45) is 4.99 Å². The van der Waals surface area contributed by atoms with Crippen LogP contribution in [0.25, 0.3) is 0 Å². The van der Waals surface area contributed by atoms with Gasteiger partial charge in [0.15, 0.2) is 12.6 Å². The minimum Gasteiger partial charge on any atom is -0.468 e. The zero-order chi connectivity index (χ0) is 19.3. The van der Waals surface area contributed by atoms with Crippen molar-refractivity contribution in [1.29, 1.82) is 0 Å². The molecular weight excluding hydrogens is 476 g/mol. The van der Waals surface area contributed by atoms with Crippen molar-refractivity contribution in [3.05, 3.63) is 23.9 Å². The first kappa shape index (κ1) is 25.7. The molecule has 0 saturated heterocycles. The SMILES string of the molecule is CCNC(=NCc1cccnc1OCC(F)(F)F)NCCCCOCC.I. The van der Waals surface area contributed by atoms with E-state index < -0.39 is 12.8 Å². The Morgan fingerprint density at radius 1 is 1.22 bits per heavy atom. The monoisotopic (exact) mass is 504 g/mol. The predicted octanol–water partition coefficient (Wildman–Crippen LogP) is 3.51. The van der Waals surface area contributed by atoms with Crippen molar-refractivity contribution in [2.45, 2.75) is 39.4 Å². The van der Waals surface area contributed by atoms with Crippen molar-refractivity contribution >= 4 is 29.9 Å². The van der Waals surface area contributed by atoms with Gasteiger partial charge in [0.05, 0.1) is 6.54 Å². The second-order valence-corrected chi connectivity index (χ2v) is 5.40. The molecule has 0 amide bonds. The van der Waals surface area contributed by atoms with Crippen LogP contribution >= 0.6 is 24.0 Å². The van der Waals surface area contributed by atoms with Gasteiger partial charge in [0.1, 0.15) is 0 Å². The second-order valence-electron chi connectivity index (χ2n) is 5.40. The van der Waals surface area contributed by atoms with E-state index in [1.54, 1.807) is 12.1 Å². The normalized spacial score (nSPS) is 11.7. The second kappa shape index (κ2) is 14.7. The van der Waals surface area contributed by atoms with Gasteiger partial charge in [-0.15, -0.1) is 24.0 Å². The number of halogens is 4. The molecule has 27 heavy (non-hydrogen) atoms. The van der Waals surface area contributed by atoms with Crippen molar-refractivity contribution < 1.29 is 22.6 Å². The van der Waals surface area contributed by atoms with Gasteiger partial charge in [-0.25, -0.2) is 9.98 Å². The third kappa shape index (κ3) is 12.7. The third-order valence-corrected chi connectivity index (χ3v) is 3.19. The van der Waals surface area contributed by atoms with Crippen molar-refractivity contribution in [3.63, 3.8) is 0 Å². The topological polar surface area (TPSA) is 67.8 Å². The highest BCUT2D eigenvalue weighted by atomic mass is 127. The van der Waals surface area contributed by atoms with Gasteiger partial charge in [0.2, 0.25) is 5.88 Å². The molecule has 0 fully saturated rings. The summed E-state index contributed by atoms with van der Waals surface area (Å²) in [5.41, 5.74) is 0.491. The number of nitrogens with one attached hydrogen (secondary N) is 2. The zero-order valence-electron chi connectivity index (χ0n) is 15.6. The smallest absolute Gasteiger partial charge is 0.422 e. The van der Waals surface area contributed by atoms with E-state index >= 15 is 0 Å². The lowest BCUT2D eigenvalue weighted by Gasteiger charge is -2.13. The van der Waals surface area contributed by atoms with Crippen molar-refractivity contribution in [2.75, 3.05) is 32.9 Å². The van der Waals surface area contributed by atoms with Crippen LogP contribution in [0.2, 0.25) is 0 Å². The number of aliphatic imine (C=N–C) groups is 1. The lowest BCUT2D eigenvalue weighted by molar-refractivity contribution is -0.154. The molecule has 0 spiro atoms. The third-order valence-electron chi connectivity index (χ3n) is 3.19. The van der Waals surface area contributed by atoms with E-state index in [-0.39, 0.29) is 36.4 Å². The quantitative estimate of drug-likeness (QED) is 0.209. The van der Waals surface area contributed by atoms with E-state index in [0.29, 0.717) is 24.7 Å². The van der Waals surface area contributed by atoms with Gasteiger partial charge in [-0.05, 0) is 32.8 Å². The number of ether oxygens (including phenoxy) is 2. The zero-order valence-corrected chi connectivity index (χ0v) is 18.0. The Hall–Kier alpha value is -1.30. The standard InChI is InChI=1S/C17H27F3N4O2.HI/c1-3-21-16(23-9-5-6-11-25-4-2)24-12-14-8-7-10-22-15(14)26-13-17(18,19)20;/h7-8,10H,3-6,9,11-13H2,1-2H3,(H2,21,23,24);1H. The number of guanidine groups is 1. The van der Waals surface area contributed by atoms with E-state index in [2.05, 4.69) is 20.6 Å². The number of rotatable bonds is 11. The largest absolute Gasteiger partial charge is 0.468 e. The molecule has 0 bridgehead atoms. The maximum absolute atomic E-state index is 12.3. The first-order valence-corrected chi connectivity index (χ1v) is 8.69. The van der Waals surface area contributed by atoms with E-state index in [1.807, 2.05) is 13.8 Å². The molecule has 0 saturated carbocycles. The molecule has 0 aliphatic carbocycles. The Bertz CT molecular complexity index is 545. The fourth-order valence-electron chi connectivity index (χ4n) is 2.01. The molecule has 1 rings (SSSR count). The summed E-state index contributed by atoms with van der Waals surface area (Å²) in [6, 6.07) is 3.28. The van der Waals surface area contributed by atoms with Crippen molar-refractivity contribution in [3.8, 4) is 5.88 Å². The van der Waals surface area contributed by atoms with E-state index in [4.69, 9.17) is 9.47 Å². The number of aromatic nitrogens is 1. The van der Waals surface area contributed by atoms with Gasteiger partial charge in [-0.1, -0.05) is 6.07 Å². The summed E-state index contributed by atoms with van der Waals surface area (Å²) in [6.45, 7) is 5.52. The summed E-state index contributed by atoms with van der Waals surface area (Å²) in [4.78, 5) is 8.25. The molecule has 0 aliphatic rings. The van der Waals surface area contributed by atoms with Gasteiger partial charge >= 0.3 is 6.18 Å². The maximum Gasteiger partial charge on any atom is 0.422 e. The van der Waals surface area contributed by atoms with Crippen LogP contribution in [0, 0.1) is 0 Å². The molecular formula is C17H28F3IN4O2. The molecule has 10 heteroatoms. The van der Waals surface area contributed by atoms with Crippen LogP contribution in [0.3, 0.4) is 0 Å². The van der Waals surface area contributed by atoms with Crippen LogP contribution in [0.4, 0.5) is 13.2 Å². The first-order chi connectivity index (χ1) is 12.5. The average molecular weight is 504 g/mol. The Labute approximate surface area is 175 Å². The van der Waals surface area contributed by atoms with Crippen LogP contribution in [0.1, 0.15) is 32.3 Å². The first-order valence-electron chi connectivity index (χ1n) is 8.69. The van der Waals surface area contributed by atoms with Crippen LogP contribution in [-0.4, -0.2) is 50.0 Å². The van der Waals surface area contributed by atoms with Crippen LogP contribution in [0.15, 0.2) is 23.3 Å². The number of hydrogen-bond donors (Lipinski definition) is 2. The van der Waals surface area contributed by atoms with E-state index in [9.17, 15) is 13.2 Å². The highest BCUT2D eigenvalue weighted by Crippen LogP contribution is 2.20. The van der Waals surface area contributed by atoms with Crippen LogP contribution in [-0.2, 0) is 11.3 Å². The average Bonchev–Trinajstić information content (AvgIpc) is 2.60. The fraction of sp³-hybridized carbons (Fsp3) is 0.647. The number of nitrogens with zero attached hydrogens (tertiary/aromatic N) is 2. The summed E-state index contributed by atoms with van der Waals surface area (Å²) < 4.78 is 47.0. The molecule has 0 unspecified atom stereocenters. The summed E-state index contributed by atoms with van der Waals surface area (Å²) in [6.07, 6.45) is -1.15.